The first-order chi connectivity index (χ1) is 10.2. The summed E-state index contributed by atoms with van der Waals surface area (Å²) in [5.74, 6) is 0.0722. The van der Waals surface area contributed by atoms with Crippen LogP contribution in [0.5, 0.6) is 0 Å². The van der Waals surface area contributed by atoms with Crippen molar-refractivity contribution in [1.29, 1.82) is 0 Å². The maximum absolute atomic E-state index is 12.1. The van der Waals surface area contributed by atoms with Crippen LogP contribution in [-0.2, 0) is 9.53 Å². The van der Waals surface area contributed by atoms with Gasteiger partial charge in [0.05, 0.1) is 19.3 Å². The van der Waals surface area contributed by atoms with Crippen LogP contribution in [0.2, 0.25) is 0 Å². The molecule has 1 fully saturated rings. The van der Waals surface area contributed by atoms with Crippen molar-refractivity contribution < 1.29 is 9.53 Å². The maximum atomic E-state index is 12.1. The summed E-state index contributed by atoms with van der Waals surface area (Å²) in [6.45, 7) is 4.21. The van der Waals surface area contributed by atoms with Crippen LogP contribution in [0, 0.1) is 0 Å². The van der Waals surface area contributed by atoms with Gasteiger partial charge >= 0.3 is 0 Å². The maximum Gasteiger partial charge on any atom is 0.222 e. The molecule has 0 aliphatic carbocycles. The number of halogens is 1. The number of thiophene rings is 1. The number of hydrogen-bond acceptors (Lipinski definition) is 4. The van der Waals surface area contributed by atoms with Crippen molar-refractivity contribution in [3.8, 4) is 0 Å². The van der Waals surface area contributed by atoms with Gasteiger partial charge in [-0.15, -0.1) is 23.7 Å². The van der Waals surface area contributed by atoms with Crippen molar-refractivity contribution in [3.63, 3.8) is 0 Å². The van der Waals surface area contributed by atoms with Gasteiger partial charge in [0.15, 0.2) is 0 Å². The van der Waals surface area contributed by atoms with Gasteiger partial charge in [0, 0.05) is 28.6 Å². The van der Waals surface area contributed by atoms with E-state index in [1.807, 2.05) is 19.1 Å². The Morgan fingerprint density at radius 3 is 3.05 bits per heavy atom. The first-order valence-electron chi connectivity index (χ1n) is 7.31. The van der Waals surface area contributed by atoms with Crippen LogP contribution in [0.25, 0.3) is 10.1 Å². The van der Waals surface area contributed by atoms with Gasteiger partial charge < -0.3 is 15.4 Å². The lowest BCUT2D eigenvalue weighted by Gasteiger charge is -2.24. The highest BCUT2D eigenvalue weighted by Gasteiger charge is 2.19. The van der Waals surface area contributed by atoms with Crippen LogP contribution in [0.3, 0.4) is 0 Å². The van der Waals surface area contributed by atoms with Crippen molar-refractivity contribution >= 4 is 39.7 Å². The highest BCUT2D eigenvalue weighted by molar-refractivity contribution is 7.19. The fourth-order valence-electron chi connectivity index (χ4n) is 2.56. The quantitative estimate of drug-likeness (QED) is 0.899. The smallest absolute Gasteiger partial charge is 0.222 e. The summed E-state index contributed by atoms with van der Waals surface area (Å²) in [5, 5.41) is 7.62. The number of hydrogen-bond donors (Lipinski definition) is 2. The molecule has 0 saturated carbocycles. The van der Waals surface area contributed by atoms with E-state index in [0.29, 0.717) is 13.0 Å². The number of morpholine rings is 1. The molecule has 2 aromatic rings. The molecule has 2 heterocycles. The fourth-order valence-corrected chi connectivity index (χ4v) is 3.63. The van der Waals surface area contributed by atoms with Crippen molar-refractivity contribution in [3.05, 3.63) is 35.2 Å². The molecular weight excluding hydrogens is 320 g/mol. The minimum atomic E-state index is 0. The summed E-state index contributed by atoms with van der Waals surface area (Å²) >= 11 is 1.74. The van der Waals surface area contributed by atoms with Gasteiger partial charge in [-0.25, -0.2) is 0 Å². The summed E-state index contributed by atoms with van der Waals surface area (Å²) in [6, 6.07) is 10.6. The lowest BCUT2D eigenvalue weighted by Crippen LogP contribution is -2.44. The molecule has 1 aromatic carbocycles. The van der Waals surface area contributed by atoms with Gasteiger partial charge in [0.1, 0.15) is 0 Å². The van der Waals surface area contributed by atoms with Crippen molar-refractivity contribution in [2.45, 2.75) is 25.4 Å². The van der Waals surface area contributed by atoms with E-state index in [1.165, 1.54) is 15.0 Å². The Morgan fingerprint density at radius 2 is 2.32 bits per heavy atom. The monoisotopic (exact) mass is 340 g/mol. The summed E-state index contributed by atoms with van der Waals surface area (Å²) in [7, 11) is 0. The minimum Gasteiger partial charge on any atom is -0.378 e. The van der Waals surface area contributed by atoms with Crippen molar-refractivity contribution in [1.82, 2.24) is 10.6 Å². The Balaban J connectivity index is 0.00000176. The zero-order chi connectivity index (χ0) is 14.7. The van der Waals surface area contributed by atoms with Crippen LogP contribution in [0.4, 0.5) is 0 Å². The third-order valence-corrected chi connectivity index (χ3v) is 4.98. The highest BCUT2D eigenvalue weighted by atomic mass is 35.5. The standard InChI is InChI=1S/C16H20N2O2S.ClH/c1-11(15-8-12-4-2-3-5-14(12)21-15)18-16(19)9-13-10-20-7-6-17-13;/h2-5,8,11,13,17H,6-7,9-10H2,1H3,(H,18,19);1H. The Kier molecular flexibility index (Phi) is 6.20. The van der Waals surface area contributed by atoms with Crippen molar-refractivity contribution in [2.24, 2.45) is 0 Å². The van der Waals surface area contributed by atoms with Gasteiger partial charge in [0.2, 0.25) is 5.91 Å². The molecule has 6 heteroatoms. The zero-order valence-corrected chi connectivity index (χ0v) is 14.1. The number of amides is 1. The Morgan fingerprint density at radius 1 is 1.50 bits per heavy atom. The molecule has 1 amide bonds. The number of rotatable bonds is 4. The molecule has 3 rings (SSSR count). The third-order valence-electron chi connectivity index (χ3n) is 3.68. The second kappa shape index (κ2) is 7.92. The largest absolute Gasteiger partial charge is 0.378 e. The molecule has 1 aromatic heterocycles. The van der Waals surface area contributed by atoms with E-state index < -0.39 is 0 Å². The van der Waals surface area contributed by atoms with E-state index in [2.05, 4.69) is 28.8 Å². The third kappa shape index (κ3) is 4.20. The van der Waals surface area contributed by atoms with Gasteiger partial charge in [-0.1, -0.05) is 18.2 Å². The SMILES string of the molecule is CC(NC(=O)CC1COCCN1)c1cc2ccccc2s1.Cl. The number of ether oxygens (including phenoxy) is 1. The predicted molar refractivity (Wildman–Crippen MR) is 92.9 cm³/mol. The van der Waals surface area contributed by atoms with E-state index >= 15 is 0 Å². The number of carbonyl (C=O) groups is 1. The molecule has 22 heavy (non-hydrogen) atoms. The molecule has 0 radical (unpaired) electrons. The second-order valence-electron chi connectivity index (χ2n) is 5.41. The summed E-state index contributed by atoms with van der Waals surface area (Å²) in [6.07, 6.45) is 0.467. The molecule has 1 aliphatic rings. The van der Waals surface area contributed by atoms with E-state index in [1.54, 1.807) is 11.3 Å². The Bertz CT molecular complexity index is 592. The molecule has 120 valence electrons. The van der Waals surface area contributed by atoms with Crippen LogP contribution in [0.1, 0.15) is 24.3 Å². The number of fused-ring (bicyclic) bond motifs is 1. The molecule has 1 saturated heterocycles. The molecule has 2 unspecified atom stereocenters. The van der Waals surface area contributed by atoms with Gasteiger partial charge in [-0.05, 0) is 24.4 Å². The zero-order valence-electron chi connectivity index (χ0n) is 12.5. The number of benzene rings is 1. The fraction of sp³-hybridized carbons (Fsp3) is 0.438. The molecule has 1 aliphatic heterocycles. The minimum absolute atomic E-state index is 0. The Hall–Kier alpha value is -1.14. The lowest BCUT2D eigenvalue weighted by molar-refractivity contribution is -0.122. The van der Waals surface area contributed by atoms with Gasteiger partial charge in [-0.3, -0.25) is 4.79 Å². The predicted octanol–water partition coefficient (Wildman–Crippen LogP) is 2.88. The second-order valence-corrected chi connectivity index (χ2v) is 6.52. The average molecular weight is 341 g/mol. The lowest BCUT2D eigenvalue weighted by atomic mass is 10.1. The first kappa shape index (κ1) is 17.2. The Labute approximate surface area is 140 Å². The number of carbonyl (C=O) groups excluding carboxylic acids is 1. The van der Waals surface area contributed by atoms with Gasteiger partial charge in [-0.2, -0.15) is 0 Å². The molecule has 4 nitrogen and oxygen atoms in total. The molecular formula is C16H21ClN2O2S. The van der Waals surface area contributed by atoms with Crippen LogP contribution in [0.15, 0.2) is 30.3 Å². The molecule has 2 N–H and O–H groups in total. The van der Waals surface area contributed by atoms with Gasteiger partial charge in [0.25, 0.3) is 0 Å². The van der Waals surface area contributed by atoms with E-state index in [0.717, 1.165) is 13.2 Å². The van der Waals surface area contributed by atoms with Crippen LogP contribution in [-0.4, -0.2) is 31.7 Å². The van der Waals surface area contributed by atoms with E-state index in [4.69, 9.17) is 4.74 Å². The highest BCUT2D eigenvalue weighted by Crippen LogP contribution is 2.29. The molecule has 0 bridgehead atoms. The van der Waals surface area contributed by atoms with Crippen molar-refractivity contribution in [2.75, 3.05) is 19.8 Å². The first-order valence-corrected chi connectivity index (χ1v) is 8.13. The normalized spacial score (nSPS) is 19.4. The van der Waals surface area contributed by atoms with Crippen LogP contribution < -0.4 is 10.6 Å². The van der Waals surface area contributed by atoms with Crippen LogP contribution >= 0.6 is 23.7 Å². The summed E-state index contributed by atoms with van der Waals surface area (Å²) in [4.78, 5) is 13.3. The van der Waals surface area contributed by atoms with E-state index in [-0.39, 0.29) is 30.4 Å². The van der Waals surface area contributed by atoms with E-state index in [9.17, 15) is 4.79 Å². The summed E-state index contributed by atoms with van der Waals surface area (Å²) in [5.41, 5.74) is 0. The topological polar surface area (TPSA) is 50.4 Å². The number of nitrogens with one attached hydrogen (secondary N) is 2. The average Bonchev–Trinajstić information content (AvgIpc) is 2.92. The summed E-state index contributed by atoms with van der Waals surface area (Å²) < 4.78 is 6.63. The molecule has 0 spiro atoms. The molecule has 2 atom stereocenters.